The van der Waals surface area contributed by atoms with Crippen molar-refractivity contribution in [3.63, 3.8) is 0 Å². The maximum absolute atomic E-state index is 12.2. The molecule has 1 amide bonds. The van der Waals surface area contributed by atoms with E-state index in [2.05, 4.69) is 4.74 Å². The Hall–Kier alpha value is -2.51. The van der Waals surface area contributed by atoms with Crippen LogP contribution in [0.25, 0.3) is 6.08 Å². The van der Waals surface area contributed by atoms with Crippen LogP contribution in [0.2, 0.25) is 0 Å². The van der Waals surface area contributed by atoms with Gasteiger partial charge in [-0.15, -0.1) is 13.2 Å². The van der Waals surface area contributed by atoms with Crippen molar-refractivity contribution < 1.29 is 32.6 Å². The molecule has 8 heteroatoms. The van der Waals surface area contributed by atoms with Gasteiger partial charge in [-0.3, -0.25) is 4.79 Å². The molecule has 0 aliphatic carbocycles. The summed E-state index contributed by atoms with van der Waals surface area (Å²) in [4.78, 5) is 21.7. The molecule has 0 unspecified atom stereocenters. The van der Waals surface area contributed by atoms with Crippen molar-refractivity contribution in [3.05, 3.63) is 35.5 Å². The first kappa shape index (κ1) is 15.5. The van der Waals surface area contributed by atoms with Gasteiger partial charge in [-0.05, 0) is 12.1 Å². The van der Waals surface area contributed by atoms with Gasteiger partial charge in [0, 0.05) is 12.5 Å². The number of carbonyl (C=O) groups is 2. The number of hydrogen-bond donors (Lipinski definition) is 2. The predicted octanol–water partition coefficient (Wildman–Crippen LogP) is 2.15. The number of rotatable bonds is 4. The molecule has 0 radical (unpaired) electrons. The Bertz CT molecular complexity index is 552. The van der Waals surface area contributed by atoms with Gasteiger partial charge in [0.1, 0.15) is 11.4 Å². The summed E-state index contributed by atoms with van der Waals surface area (Å²) in [5.41, 5.74) is -0.688. The molecule has 0 heterocycles. The number of ether oxygens (including phenoxy) is 1. The second kappa shape index (κ2) is 6.09. The Morgan fingerprint density at radius 2 is 1.90 bits per heavy atom. The highest BCUT2D eigenvalue weighted by molar-refractivity contribution is 5.96. The van der Waals surface area contributed by atoms with Crippen molar-refractivity contribution in [2.24, 2.45) is 0 Å². The molecule has 0 atom stereocenters. The fraction of sp³-hybridized carbons (Fsp3) is 0.167. The van der Waals surface area contributed by atoms with Crippen molar-refractivity contribution in [2.75, 3.05) is 0 Å². The third-order valence-corrected chi connectivity index (χ3v) is 1.99. The molecule has 1 rings (SSSR count). The van der Waals surface area contributed by atoms with Crippen LogP contribution >= 0.6 is 0 Å². The lowest BCUT2D eigenvalue weighted by molar-refractivity contribution is -0.274. The number of nitrogens with one attached hydrogen (secondary N) is 1. The summed E-state index contributed by atoms with van der Waals surface area (Å²) in [6.07, 6.45) is -4.02. The van der Waals surface area contributed by atoms with Crippen LogP contribution in [-0.2, 0) is 9.59 Å². The molecule has 1 aromatic carbocycles. The number of halogens is 3. The Morgan fingerprint density at radius 1 is 1.30 bits per heavy atom. The maximum atomic E-state index is 12.2. The lowest BCUT2D eigenvalue weighted by Crippen LogP contribution is -2.24. The molecular formula is C12H10F3NO4. The van der Waals surface area contributed by atoms with Crippen LogP contribution in [0, 0.1) is 0 Å². The zero-order valence-electron chi connectivity index (χ0n) is 10.2. The van der Waals surface area contributed by atoms with E-state index in [0.717, 1.165) is 19.1 Å². The van der Waals surface area contributed by atoms with E-state index in [9.17, 15) is 22.8 Å². The van der Waals surface area contributed by atoms with Gasteiger partial charge in [-0.25, -0.2) is 4.79 Å². The maximum Gasteiger partial charge on any atom is 0.573 e. The smallest absolute Gasteiger partial charge is 0.477 e. The van der Waals surface area contributed by atoms with E-state index in [0.29, 0.717) is 0 Å². The van der Waals surface area contributed by atoms with Crippen molar-refractivity contribution >= 4 is 18.0 Å². The van der Waals surface area contributed by atoms with Gasteiger partial charge < -0.3 is 15.2 Å². The minimum absolute atomic E-state index is 0.129. The van der Waals surface area contributed by atoms with Gasteiger partial charge in [0.2, 0.25) is 5.91 Å². The molecule has 0 saturated carbocycles. The van der Waals surface area contributed by atoms with Gasteiger partial charge >= 0.3 is 12.3 Å². The summed E-state index contributed by atoms with van der Waals surface area (Å²) in [5, 5.41) is 10.9. The number of alkyl halides is 3. The Balaban J connectivity index is 3.17. The van der Waals surface area contributed by atoms with Crippen molar-refractivity contribution in [1.82, 2.24) is 5.32 Å². The molecular weight excluding hydrogens is 279 g/mol. The third kappa shape index (κ3) is 5.01. The molecule has 20 heavy (non-hydrogen) atoms. The standard InChI is InChI=1S/C12H10F3NO4/c1-7(17)16-9(11(18)19)6-8-4-2-3-5-10(8)20-12(13,14)15/h2-6H,1H3,(H,16,17)(H,18,19). The molecule has 0 aromatic heterocycles. The summed E-state index contributed by atoms with van der Waals surface area (Å²) in [5.74, 6) is -2.71. The van der Waals surface area contributed by atoms with E-state index < -0.39 is 29.7 Å². The monoisotopic (exact) mass is 289 g/mol. The van der Waals surface area contributed by atoms with Crippen molar-refractivity contribution in [1.29, 1.82) is 0 Å². The number of carbonyl (C=O) groups excluding carboxylic acids is 1. The van der Waals surface area contributed by atoms with Crippen LogP contribution < -0.4 is 10.1 Å². The average Bonchev–Trinajstić information content (AvgIpc) is 2.28. The van der Waals surface area contributed by atoms with Crippen molar-refractivity contribution in [2.45, 2.75) is 13.3 Å². The van der Waals surface area contributed by atoms with Gasteiger partial charge in [0.05, 0.1) is 0 Å². The first-order valence-corrected chi connectivity index (χ1v) is 5.26. The van der Waals surface area contributed by atoms with E-state index in [1.165, 1.54) is 18.2 Å². The number of carboxylic acid groups (broad SMARTS) is 1. The fourth-order valence-corrected chi connectivity index (χ4v) is 1.31. The number of hydrogen-bond acceptors (Lipinski definition) is 3. The number of para-hydroxylation sites is 1. The minimum Gasteiger partial charge on any atom is -0.477 e. The third-order valence-electron chi connectivity index (χ3n) is 1.99. The van der Waals surface area contributed by atoms with Crippen LogP contribution in [0.4, 0.5) is 13.2 Å². The molecule has 5 nitrogen and oxygen atoms in total. The van der Waals surface area contributed by atoms with Crippen LogP contribution in [0.5, 0.6) is 5.75 Å². The Labute approximate surface area is 111 Å². The largest absolute Gasteiger partial charge is 0.573 e. The van der Waals surface area contributed by atoms with Gasteiger partial charge in [-0.2, -0.15) is 0 Å². The van der Waals surface area contributed by atoms with Gasteiger partial charge in [0.25, 0.3) is 0 Å². The summed E-state index contributed by atoms with van der Waals surface area (Å²) < 4.78 is 40.4. The summed E-state index contributed by atoms with van der Waals surface area (Å²) in [6, 6.07) is 4.97. The molecule has 108 valence electrons. The van der Waals surface area contributed by atoms with Crippen LogP contribution in [0.1, 0.15) is 12.5 Å². The lowest BCUT2D eigenvalue weighted by Gasteiger charge is -2.11. The topological polar surface area (TPSA) is 75.6 Å². The first-order chi connectivity index (χ1) is 9.19. The van der Waals surface area contributed by atoms with Crippen LogP contribution in [0.3, 0.4) is 0 Å². The second-order valence-electron chi connectivity index (χ2n) is 3.63. The molecule has 0 bridgehead atoms. The Morgan fingerprint density at radius 3 is 2.40 bits per heavy atom. The number of carboxylic acids is 1. The average molecular weight is 289 g/mol. The quantitative estimate of drug-likeness (QED) is 0.833. The van der Waals surface area contributed by atoms with E-state index >= 15 is 0 Å². The van der Waals surface area contributed by atoms with E-state index in [4.69, 9.17) is 5.11 Å². The highest BCUT2D eigenvalue weighted by Crippen LogP contribution is 2.27. The Kier molecular flexibility index (Phi) is 4.73. The predicted molar refractivity (Wildman–Crippen MR) is 62.6 cm³/mol. The van der Waals surface area contributed by atoms with E-state index in [1.807, 2.05) is 5.32 Å². The molecule has 1 aromatic rings. The molecule has 0 spiro atoms. The zero-order chi connectivity index (χ0) is 15.3. The summed E-state index contributed by atoms with van der Waals surface area (Å²) in [7, 11) is 0. The van der Waals surface area contributed by atoms with Crippen LogP contribution in [0.15, 0.2) is 30.0 Å². The van der Waals surface area contributed by atoms with E-state index in [-0.39, 0.29) is 5.56 Å². The summed E-state index contributed by atoms with van der Waals surface area (Å²) >= 11 is 0. The van der Waals surface area contributed by atoms with Crippen LogP contribution in [-0.4, -0.2) is 23.3 Å². The van der Waals surface area contributed by atoms with Gasteiger partial charge in [-0.1, -0.05) is 18.2 Å². The number of amides is 1. The molecule has 0 fully saturated rings. The number of benzene rings is 1. The summed E-state index contributed by atoms with van der Waals surface area (Å²) in [6.45, 7) is 1.08. The fourth-order valence-electron chi connectivity index (χ4n) is 1.31. The normalized spacial score (nSPS) is 11.9. The van der Waals surface area contributed by atoms with Crippen molar-refractivity contribution in [3.8, 4) is 5.75 Å². The number of aliphatic carboxylic acids is 1. The van der Waals surface area contributed by atoms with E-state index in [1.54, 1.807) is 0 Å². The van der Waals surface area contributed by atoms with Gasteiger partial charge in [0.15, 0.2) is 0 Å². The zero-order valence-corrected chi connectivity index (χ0v) is 10.2. The second-order valence-corrected chi connectivity index (χ2v) is 3.63. The highest BCUT2D eigenvalue weighted by Gasteiger charge is 2.31. The molecule has 2 N–H and O–H groups in total. The molecule has 0 saturated heterocycles. The molecule has 0 aliphatic rings. The highest BCUT2D eigenvalue weighted by atomic mass is 19.4. The SMILES string of the molecule is CC(=O)NC(=Cc1ccccc1OC(F)(F)F)C(=O)O. The lowest BCUT2D eigenvalue weighted by atomic mass is 10.1. The minimum atomic E-state index is -4.90. The first-order valence-electron chi connectivity index (χ1n) is 5.26. The molecule has 0 aliphatic heterocycles.